The van der Waals surface area contributed by atoms with Crippen molar-refractivity contribution >= 4 is 18.0 Å². The summed E-state index contributed by atoms with van der Waals surface area (Å²) < 4.78 is 16.1. The molecule has 24 heavy (non-hydrogen) atoms. The summed E-state index contributed by atoms with van der Waals surface area (Å²) >= 11 is 0. The smallest absolute Gasteiger partial charge is 0.232 e. The number of methoxy groups -OCH3 is 2. The SMILES string of the molecule is COc1ccc(/C=C/c2nc(C#N)c(NCC(C)C)o2)cc1OC. The molecule has 1 aromatic heterocycles. The molecular weight excluding hydrogens is 306 g/mol. The Hall–Kier alpha value is -2.94. The zero-order chi connectivity index (χ0) is 17.5. The lowest BCUT2D eigenvalue weighted by Crippen LogP contribution is -2.08. The lowest BCUT2D eigenvalue weighted by atomic mass is 10.2. The molecule has 6 heteroatoms. The number of nitrogens with zero attached hydrogens (tertiary/aromatic N) is 2. The van der Waals surface area contributed by atoms with E-state index in [1.807, 2.05) is 30.3 Å². The van der Waals surface area contributed by atoms with Gasteiger partial charge in [-0.2, -0.15) is 10.2 Å². The number of hydrogen-bond donors (Lipinski definition) is 1. The van der Waals surface area contributed by atoms with Gasteiger partial charge in [-0.15, -0.1) is 0 Å². The van der Waals surface area contributed by atoms with Crippen molar-refractivity contribution in [2.45, 2.75) is 13.8 Å². The van der Waals surface area contributed by atoms with E-state index in [4.69, 9.17) is 19.2 Å². The first kappa shape index (κ1) is 17.4. The van der Waals surface area contributed by atoms with Gasteiger partial charge in [-0.25, -0.2) is 0 Å². The molecule has 0 unspecified atom stereocenters. The van der Waals surface area contributed by atoms with E-state index in [-0.39, 0.29) is 5.69 Å². The van der Waals surface area contributed by atoms with Crippen molar-refractivity contribution in [1.29, 1.82) is 5.26 Å². The second kappa shape index (κ2) is 8.06. The predicted molar refractivity (Wildman–Crippen MR) is 93.0 cm³/mol. The Labute approximate surface area is 141 Å². The fourth-order valence-electron chi connectivity index (χ4n) is 2.02. The van der Waals surface area contributed by atoms with Crippen molar-refractivity contribution in [3.8, 4) is 17.6 Å². The molecule has 0 radical (unpaired) electrons. The summed E-state index contributed by atoms with van der Waals surface area (Å²) in [6.45, 7) is 4.86. The minimum Gasteiger partial charge on any atom is -0.493 e. The average molecular weight is 327 g/mol. The molecule has 2 aromatic rings. The number of ether oxygens (including phenoxy) is 2. The quantitative estimate of drug-likeness (QED) is 0.833. The first-order valence-electron chi connectivity index (χ1n) is 7.62. The molecule has 126 valence electrons. The van der Waals surface area contributed by atoms with Gasteiger partial charge in [0, 0.05) is 12.6 Å². The molecule has 0 fully saturated rings. The van der Waals surface area contributed by atoms with Crippen LogP contribution in [0, 0.1) is 17.2 Å². The van der Waals surface area contributed by atoms with Crippen LogP contribution in [0.5, 0.6) is 11.5 Å². The fourth-order valence-corrected chi connectivity index (χ4v) is 2.02. The van der Waals surface area contributed by atoms with Crippen LogP contribution in [-0.4, -0.2) is 25.7 Å². The van der Waals surface area contributed by atoms with Crippen LogP contribution < -0.4 is 14.8 Å². The Balaban J connectivity index is 2.18. The van der Waals surface area contributed by atoms with Crippen LogP contribution in [0.25, 0.3) is 12.2 Å². The van der Waals surface area contributed by atoms with Gasteiger partial charge in [0.05, 0.1) is 14.2 Å². The molecule has 0 bridgehead atoms. The largest absolute Gasteiger partial charge is 0.493 e. The predicted octanol–water partition coefficient (Wildman–Crippen LogP) is 3.80. The van der Waals surface area contributed by atoms with Crippen molar-refractivity contribution in [3.63, 3.8) is 0 Å². The lowest BCUT2D eigenvalue weighted by molar-refractivity contribution is 0.355. The number of nitriles is 1. The number of benzene rings is 1. The number of hydrogen-bond acceptors (Lipinski definition) is 6. The summed E-state index contributed by atoms with van der Waals surface area (Å²) in [5, 5.41) is 12.2. The normalized spacial score (nSPS) is 10.8. The van der Waals surface area contributed by atoms with Gasteiger partial charge in [-0.3, -0.25) is 0 Å². The zero-order valence-electron chi connectivity index (χ0n) is 14.3. The van der Waals surface area contributed by atoms with E-state index in [0.717, 1.165) is 5.56 Å². The number of rotatable bonds is 7. The third-order valence-corrected chi connectivity index (χ3v) is 3.25. The molecule has 0 aliphatic carbocycles. The minimum absolute atomic E-state index is 0.252. The van der Waals surface area contributed by atoms with E-state index in [9.17, 15) is 0 Å². The van der Waals surface area contributed by atoms with E-state index in [2.05, 4.69) is 24.1 Å². The average Bonchev–Trinajstić information content (AvgIpc) is 3.00. The topological polar surface area (TPSA) is 80.3 Å². The number of oxazole rings is 1. The van der Waals surface area contributed by atoms with Crippen molar-refractivity contribution in [2.24, 2.45) is 5.92 Å². The Morgan fingerprint density at radius 1 is 1.25 bits per heavy atom. The standard InChI is InChI=1S/C18H21N3O3/c1-12(2)11-20-18-14(10-19)21-17(24-18)8-6-13-5-7-15(22-3)16(9-13)23-4/h5-9,12,20H,11H2,1-4H3/b8-6+. The molecule has 0 aliphatic rings. The Kier molecular flexibility index (Phi) is 5.85. The second-order valence-electron chi connectivity index (χ2n) is 5.56. The second-order valence-corrected chi connectivity index (χ2v) is 5.56. The highest BCUT2D eigenvalue weighted by Gasteiger charge is 2.11. The fraction of sp³-hybridized carbons (Fsp3) is 0.333. The van der Waals surface area contributed by atoms with Crippen molar-refractivity contribution in [2.75, 3.05) is 26.1 Å². The monoisotopic (exact) mass is 327 g/mol. The van der Waals surface area contributed by atoms with Gasteiger partial charge < -0.3 is 19.2 Å². The summed E-state index contributed by atoms with van der Waals surface area (Å²) in [5.41, 5.74) is 1.16. The lowest BCUT2D eigenvalue weighted by Gasteiger charge is -2.07. The summed E-state index contributed by atoms with van der Waals surface area (Å²) in [7, 11) is 3.18. The van der Waals surface area contributed by atoms with Gasteiger partial charge in [-0.1, -0.05) is 19.9 Å². The van der Waals surface area contributed by atoms with E-state index >= 15 is 0 Å². The third kappa shape index (κ3) is 4.29. The molecule has 6 nitrogen and oxygen atoms in total. The van der Waals surface area contributed by atoms with Crippen LogP contribution in [0.2, 0.25) is 0 Å². The first-order valence-corrected chi connectivity index (χ1v) is 7.62. The Morgan fingerprint density at radius 2 is 2.00 bits per heavy atom. The van der Waals surface area contributed by atoms with Crippen LogP contribution in [0.15, 0.2) is 22.6 Å². The molecule has 0 saturated heterocycles. The summed E-state index contributed by atoms with van der Waals surface area (Å²) in [5.74, 6) is 2.51. The summed E-state index contributed by atoms with van der Waals surface area (Å²) in [6.07, 6.45) is 3.55. The van der Waals surface area contributed by atoms with Gasteiger partial charge in [0.2, 0.25) is 17.5 Å². The Morgan fingerprint density at radius 3 is 2.62 bits per heavy atom. The van der Waals surface area contributed by atoms with Gasteiger partial charge in [0.1, 0.15) is 6.07 Å². The molecule has 1 heterocycles. The van der Waals surface area contributed by atoms with Crippen LogP contribution in [0.1, 0.15) is 31.0 Å². The number of anilines is 1. The zero-order valence-corrected chi connectivity index (χ0v) is 14.3. The van der Waals surface area contributed by atoms with Crippen LogP contribution in [0.3, 0.4) is 0 Å². The highest BCUT2D eigenvalue weighted by Crippen LogP contribution is 2.28. The van der Waals surface area contributed by atoms with Crippen LogP contribution in [0.4, 0.5) is 5.88 Å². The molecule has 0 amide bonds. The molecule has 0 aliphatic heterocycles. The maximum absolute atomic E-state index is 9.14. The number of nitrogens with one attached hydrogen (secondary N) is 1. The van der Waals surface area contributed by atoms with Gasteiger partial charge in [0.25, 0.3) is 0 Å². The summed E-state index contributed by atoms with van der Waals surface area (Å²) in [6, 6.07) is 7.60. The third-order valence-electron chi connectivity index (χ3n) is 3.25. The van der Waals surface area contributed by atoms with Crippen molar-refractivity contribution in [1.82, 2.24) is 4.98 Å². The van der Waals surface area contributed by atoms with Gasteiger partial charge >= 0.3 is 0 Å². The van der Waals surface area contributed by atoms with Crippen LogP contribution in [-0.2, 0) is 0 Å². The van der Waals surface area contributed by atoms with Crippen molar-refractivity contribution in [3.05, 3.63) is 35.3 Å². The minimum atomic E-state index is 0.252. The van der Waals surface area contributed by atoms with E-state index in [1.165, 1.54) is 0 Å². The van der Waals surface area contributed by atoms with Gasteiger partial charge in [-0.05, 0) is 29.7 Å². The van der Waals surface area contributed by atoms with E-state index in [0.29, 0.717) is 35.7 Å². The first-order chi connectivity index (χ1) is 11.6. The number of aromatic nitrogens is 1. The van der Waals surface area contributed by atoms with Gasteiger partial charge in [0.15, 0.2) is 11.5 Å². The highest BCUT2D eigenvalue weighted by atomic mass is 16.5. The molecule has 1 N–H and O–H groups in total. The molecule has 0 saturated carbocycles. The van der Waals surface area contributed by atoms with E-state index in [1.54, 1.807) is 20.3 Å². The van der Waals surface area contributed by atoms with Crippen molar-refractivity contribution < 1.29 is 13.9 Å². The molecule has 2 rings (SSSR count). The Bertz CT molecular complexity index is 757. The highest BCUT2D eigenvalue weighted by molar-refractivity contribution is 5.68. The molecule has 1 aromatic carbocycles. The van der Waals surface area contributed by atoms with E-state index < -0.39 is 0 Å². The molecule has 0 spiro atoms. The maximum Gasteiger partial charge on any atom is 0.232 e. The van der Waals surface area contributed by atoms with Crippen LogP contribution >= 0.6 is 0 Å². The molecule has 0 atom stereocenters. The summed E-state index contributed by atoms with van der Waals surface area (Å²) in [4.78, 5) is 4.16. The molecular formula is C18H21N3O3. The maximum atomic E-state index is 9.14.